The molecule has 1 atom stereocenters. The summed E-state index contributed by atoms with van der Waals surface area (Å²) in [5.41, 5.74) is -0.506. The van der Waals surface area contributed by atoms with Crippen molar-refractivity contribution in [1.29, 1.82) is 0 Å². The van der Waals surface area contributed by atoms with E-state index in [0.29, 0.717) is 5.25 Å². The first-order chi connectivity index (χ1) is 6.08. The standard InChI is InChI=1S/C10H22O2S/c1-4-10(12,5-2)8-13-9(3)6-7-11/h9,11-12H,4-8H2,1-3H3. The number of hydrogen-bond donors (Lipinski definition) is 2. The lowest BCUT2D eigenvalue weighted by Crippen LogP contribution is -2.30. The van der Waals surface area contributed by atoms with Gasteiger partial charge in [-0.1, -0.05) is 20.8 Å². The Morgan fingerprint density at radius 3 is 2.23 bits per heavy atom. The summed E-state index contributed by atoms with van der Waals surface area (Å²) in [6.07, 6.45) is 2.43. The van der Waals surface area contributed by atoms with Crippen LogP contribution in [0.5, 0.6) is 0 Å². The van der Waals surface area contributed by atoms with E-state index in [0.717, 1.165) is 25.0 Å². The Kier molecular flexibility index (Phi) is 6.82. The molecule has 0 bridgehead atoms. The maximum atomic E-state index is 9.96. The Hall–Kier alpha value is 0.270. The Bertz CT molecular complexity index is 124. The first-order valence-corrected chi connectivity index (χ1v) is 6.07. The van der Waals surface area contributed by atoms with E-state index in [4.69, 9.17) is 5.11 Å². The molecule has 0 fully saturated rings. The molecule has 13 heavy (non-hydrogen) atoms. The zero-order valence-corrected chi connectivity index (χ0v) is 9.73. The fraction of sp³-hybridized carbons (Fsp3) is 1.00. The summed E-state index contributed by atoms with van der Waals surface area (Å²) in [6, 6.07) is 0. The van der Waals surface area contributed by atoms with Crippen LogP contribution in [0, 0.1) is 0 Å². The van der Waals surface area contributed by atoms with Gasteiger partial charge in [-0.25, -0.2) is 0 Å². The van der Waals surface area contributed by atoms with Crippen molar-refractivity contribution in [3.8, 4) is 0 Å². The lowest BCUT2D eigenvalue weighted by Gasteiger charge is -2.26. The van der Waals surface area contributed by atoms with E-state index in [9.17, 15) is 5.11 Å². The summed E-state index contributed by atoms with van der Waals surface area (Å²) in [5.74, 6) is 0.779. The van der Waals surface area contributed by atoms with Crippen molar-refractivity contribution in [2.75, 3.05) is 12.4 Å². The lowest BCUT2D eigenvalue weighted by molar-refractivity contribution is 0.0570. The number of aliphatic hydroxyl groups excluding tert-OH is 1. The number of hydrogen-bond acceptors (Lipinski definition) is 3. The quantitative estimate of drug-likeness (QED) is 0.669. The Labute approximate surface area is 85.7 Å². The molecule has 80 valence electrons. The van der Waals surface area contributed by atoms with Crippen molar-refractivity contribution < 1.29 is 10.2 Å². The average molecular weight is 206 g/mol. The Balaban J connectivity index is 3.71. The molecule has 0 rings (SSSR count). The number of aliphatic hydroxyl groups is 2. The van der Waals surface area contributed by atoms with Gasteiger partial charge in [0.15, 0.2) is 0 Å². The fourth-order valence-corrected chi connectivity index (χ4v) is 2.29. The molecule has 0 aliphatic heterocycles. The van der Waals surface area contributed by atoms with Gasteiger partial charge in [-0.15, -0.1) is 0 Å². The van der Waals surface area contributed by atoms with Crippen molar-refractivity contribution in [1.82, 2.24) is 0 Å². The SMILES string of the molecule is CCC(O)(CC)CSC(C)CCO. The van der Waals surface area contributed by atoms with E-state index in [-0.39, 0.29) is 6.61 Å². The van der Waals surface area contributed by atoms with Gasteiger partial charge in [-0.05, 0) is 19.3 Å². The van der Waals surface area contributed by atoms with E-state index >= 15 is 0 Å². The molecule has 1 unspecified atom stereocenters. The minimum atomic E-state index is -0.506. The van der Waals surface area contributed by atoms with E-state index in [2.05, 4.69) is 6.92 Å². The third kappa shape index (κ3) is 5.55. The molecule has 0 amide bonds. The molecule has 0 heterocycles. The molecule has 0 aromatic heterocycles. The van der Waals surface area contributed by atoms with Gasteiger partial charge in [0.2, 0.25) is 0 Å². The van der Waals surface area contributed by atoms with Crippen molar-refractivity contribution >= 4 is 11.8 Å². The zero-order chi connectivity index (χ0) is 10.3. The second kappa shape index (κ2) is 6.68. The van der Waals surface area contributed by atoms with E-state index in [1.54, 1.807) is 11.8 Å². The third-order valence-electron chi connectivity index (χ3n) is 2.49. The van der Waals surface area contributed by atoms with Crippen LogP contribution in [-0.4, -0.2) is 33.4 Å². The highest BCUT2D eigenvalue weighted by molar-refractivity contribution is 7.99. The van der Waals surface area contributed by atoms with Gasteiger partial charge >= 0.3 is 0 Å². The molecule has 0 aromatic carbocycles. The van der Waals surface area contributed by atoms with Crippen LogP contribution >= 0.6 is 11.8 Å². The van der Waals surface area contributed by atoms with Gasteiger partial charge in [0.25, 0.3) is 0 Å². The van der Waals surface area contributed by atoms with Crippen LogP contribution in [-0.2, 0) is 0 Å². The molecule has 0 aliphatic carbocycles. The van der Waals surface area contributed by atoms with Gasteiger partial charge in [-0.2, -0.15) is 11.8 Å². The average Bonchev–Trinajstić information content (AvgIpc) is 2.15. The normalized spacial score (nSPS) is 14.5. The minimum absolute atomic E-state index is 0.241. The highest BCUT2D eigenvalue weighted by Crippen LogP contribution is 2.24. The van der Waals surface area contributed by atoms with Crippen LogP contribution < -0.4 is 0 Å². The van der Waals surface area contributed by atoms with Gasteiger partial charge < -0.3 is 10.2 Å². The molecular formula is C10H22O2S. The maximum Gasteiger partial charge on any atom is 0.0732 e. The Morgan fingerprint density at radius 2 is 1.85 bits per heavy atom. The van der Waals surface area contributed by atoms with Crippen molar-refractivity contribution in [2.24, 2.45) is 0 Å². The van der Waals surface area contributed by atoms with Crippen molar-refractivity contribution in [2.45, 2.75) is 50.9 Å². The zero-order valence-electron chi connectivity index (χ0n) is 8.92. The summed E-state index contributed by atoms with van der Waals surface area (Å²) in [5, 5.41) is 19.1. The third-order valence-corrected chi connectivity index (χ3v) is 4.00. The first-order valence-electron chi connectivity index (χ1n) is 5.02. The van der Waals surface area contributed by atoms with Crippen LogP contribution in [0.25, 0.3) is 0 Å². The molecule has 3 heteroatoms. The topological polar surface area (TPSA) is 40.5 Å². The largest absolute Gasteiger partial charge is 0.396 e. The molecule has 2 N–H and O–H groups in total. The van der Waals surface area contributed by atoms with Gasteiger partial charge in [0.05, 0.1) is 5.60 Å². The van der Waals surface area contributed by atoms with Gasteiger partial charge in [-0.3, -0.25) is 0 Å². The summed E-state index contributed by atoms with van der Waals surface area (Å²) in [6.45, 7) is 6.36. The molecule has 0 saturated carbocycles. The lowest BCUT2D eigenvalue weighted by atomic mass is 10.0. The molecular weight excluding hydrogens is 184 g/mol. The highest BCUT2D eigenvalue weighted by Gasteiger charge is 2.22. The summed E-state index contributed by atoms with van der Waals surface area (Å²) in [4.78, 5) is 0. The molecule has 0 aromatic rings. The van der Waals surface area contributed by atoms with E-state index in [1.807, 2.05) is 13.8 Å². The molecule has 0 saturated heterocycles. The molecule has 0 radical (unpaired) electrons. The highest BCUT2D eigenvalue weighted by atomic mass is 32.2. The monoisotopic (exact) mass is 206 g/mol. The fourth-order valence-electron chi connectivity index (χ4n) is 1.02. The summed E-state index contributed by atoms with van der Waals surface area (Å²) >= 11 is 1.75. The second-order valence-corrected chi connectivity index (χ2v) is 4.99. The molecule has 2 nitrogen and oxygen atoms in total. The van der Waals surface area contributed by atoms with E-state index < -0.39 is 5.60 Å². The summed E-state index contributed by atoms with van der Waals surface area (Å²) < 4.78 is 0. The minimum Gasteiger partial charge on any atom is -0.396 e. The second-order valence-electron chi connectivity index (χ2n) is 3.57. The maximum absolute atomic E-state index is 9.96. The van der Waals surface area contributed by atoms with Crippen LogP contribution in [0.4, 0.5) is 0 Å². The van der Waals surface area contributed by atoms with Crippen LogP contribution in [0.15, 0.2) is 0 Å². The smallest absolute Gasteiger partial charge is 0.0732 e. The van der Waals surface area contributed by atoms with Gasteiger partial charge in [0, 0.05) is 17.6 Å². The van der Waals surface area contributed by atoms with E-state index in [1.165, 1.54) is 0 Å². The van der Waals surface area contributed by atoms with Crippen LogP contribution in [0.2, 0.25) is 0 Å². The first kappa shape index (κ1) is 13.3. The van der Waals surface area contributed by atoms with Gasteiger partial charge in [0.1, 0.15) is 0 Å². The number of thioether (sulfide) groups is 1. The summed E-state index contributed by atoms with van der Waals surface area (Å²) in [7, 11) is 0. The predicted octanol–water partition coefficient (Wildman–Crippen LogP) is 2.04. The number of rotatable bonds is 7. The van der Waals surface area contributed by atoms with Crippen LogP contribution in [0.3, 0.4) is 0 Å². The van der Waals surface area contributed by atoms with Crippen LogP contribution in [0.1, 0.15) is 40.0 Å². The molecule has 0 aliphatic rings. The molecule has 0 spiro atoms. The van der Waals surface area contributed by atoms with Crippen molar-refractivity contribution in [3.05, 3.63) is 0 Å². The Morgan fingerprint density at radius 1 is 1.31 bits per heavy atom. The predicted molar refractivity (Wildman–Crippen MR) is 59.2 cm³/mol. The van der Waals surface area contributed by atoms with Crippen molar-refractivity contribution in [3.63, 3.8) is 0 Å².